The largest absolute Gasteiger partial charge is 0.393 e. The lowest BCUT2D eigenvalue weighted by atomic mass is 9.83. The van der Waals surface area contributed by atoms with Gasteiger partial charge in [-0.1, -0.05) is 44.9 Å². The summed E-state index contributed by atoms with van der Waals surface area (Å²) in [6.45, 7) is 7.38. The van der Waals surface area contributed by atoms with Crippen LogP contribution in [0, 0.1) is 5.92 Å². The SMILES string of the molecule is CC(C)(C)c1nnc(NCCCC2CCCCC2O)s1. The number of aliphatic hydroxyl groups excluding tert-OH is 1. The van der Waals surface area contributed by atoms with E-state index in [1.807, 2.05) is 0 Å². The second kappa shape index (κ2) is 6.85. The molecule has 0 aliphatic heterocycles. The molecule has 20 heavy (non-hydrogen) atoms. The fourth-order valence-electron chi connectivity index (χ4n) is 2.68. The van der Waals surface area contributed by atoms with Gasteiger partial charge >= 0.3 is 0 Å². The van der Waals surface area contributed by atoms with Gasteiger partial charge in [-0.2, -0.15) is 0 Å². The number of hydrogen-bond donors (Lipinski definition) is 2. The molecule has 2 N–H and O–H groups in total. The standard InChI is InChI=1S/C15H27N3OS/c1-15(2,3)13-17-18-14(20-13)16-10-6-8-11-7-4-5-9-12(11)19/h11-12,19H,4-10H2,1-3H3,(H,16,18). The van der Waals surface area contributed by atoms with E-state index in [2.05, 4.69) is 36.3 Å². The third-order valence-corrected chi connectivity index (χ3v) is 5.27. The third-order valence-electron chi connectivity index (χ3n) is 3.96. The van der Waals surface area contributed by atoms with Gasteiger partial charge in [0.05, 0.1) is 6.10 Å². The highest BCUT2D eigenvalue weighted by molar-refractivity contribution is 7.15. The van der Waals surface area contributed by atoms with Crippen molar-refractivity contribution in [3.05, 3.63) is 5.01 Å². The molecule has 1 fully saturated rings. The van der Waals surface area contributed by atoms with Crippen LogP contribution in [0.2, 0.25) is 0 Å². The van der Waals surface area contributed by atoms with Crippen molar-refractivity contribution >= 4 is 16.5 Å². The van der Waals surface area contributed by atoms with Crippen LogP contribution in [0.3, 0.4) is 0 Å². The minimum absolute atomic E-state index is 0.0715. The van der Waals surface area contributed by atoms with Crippen molar-refractivity contribution in [2.45, 2.75) is 70.8 Å². The van der Waals surface area contributed by atoms with Crippen LogP contribution in [-0.4, -0.2) is 28.0 Å². The first-order chi connectivity index (χ1) is 9.47. The van der Waals surface area contributed by atoms with Crippen LogP contribution >= 0.6 is 11.3 Å². The Morgan fingerprint density at radius 3 is 2.65 bits per heavy atom. The van der Waals surface area contributed by atoms with Gasteiger partial charge in [-0.05, 0) is 31.6 Å². The van der Waals surface area contributed by atoms with Crippen LogP contribution in [0.5, 0.6) is 0 Å². The Labute approximate surface area is 126 Å². The summed E-state index contributed by atoms with van der Waals surface area (Å²) in [4.78, 5) is 0. The van der Waals surface area contributed by atoms with Crippen molar-refractivity contribution < 1.29 is 5.11 Å². The van der Waals surface area contributed by atoms with Gasteiger partial charge in [-0.15, -0.1) is 10.2 Å². The molecule has 2 atom stereocenters. The van der Waals surface area contributed by atoms with E-state index in [0.29, 0.717) is 5.92 Å². The van der Waals surface area contributed by atoms with E-state index in [1.165, 1.54) is 19.3 Å². The highest BCUT2D eigenvalue weighted by atomic mass is 32.1. The molecule has 5 heteroatoms. The van der Waals surface area contributed by atoms with E-state index in [9.17, 15) is 5.11 Å². The first-order valence-corrected chi connectivity index (χ1v) is 8.54. The molecule has 1 heterocycles. The van der Waals surface area contributed by atoms with Crippen molar-refractivity contribution in [2.75, 3.05) is 11.9 Å². The molecule has 0 aromatic carbocycles. The zero-order chi connectivity index (χ0) is 14.6. The highest BCUT2D eigenvalue weighted by Gasteiger charge is 2.22. The molecule has 2 rings (SSSR count). The van der Waals surface area contributed by atoms with Crippen LogP contribution in [0.4, 0.5) is 5.13 Å². The number of nitrogens with one attached hydrogen (secondary N) is 1. The van der Waals surface area contributed by atoms with Crippen molar-refractivity contribution in [3.63, 3.8) is 0 Å². The molecular weight excluding hydrogens is 270 g/mol. The average Bonchev–Trinajstić information content (AvgIpc) is 2.85. The maximum Gasteiger partial charge on any atom is 0.205 e. The van der Waals surface area contributed by atoms with Gasteiger partial charge in [0, 0.05) is 12.0 Å². The Hall–Kier alpha value is -0.680. The minimum atomic E-state index is -0.0715. The van der Waals surface area contributed by atoms with Crippen LogP contribution in [0.1, 0.15) is 64.3 Å². The monoisotopic (exact) mass is 297 g/mol. The second-order valence-electron chi connectivity index (χ2n) is 6.84. The van der Waals surface area contributed by atoms with Gasteiger partial charge in [-0.25, -0.2) is 0 Å². The summed E-state index contributed by atoms with van der Waals surface area (Å²) in [5, 5.41) is 23.7. The maximum absolute atomic E-state index is 9.94. The van der Waals surface area contributed by atoms with E-state index in [-0.39, 0.29) is 11.5 Å². The van der Waals surface area contributed by atoms with Crippen LogP contribution in [0.15, 0.2) is 0 Å². The van der Waals surface area contributed by atoms with Gasteiger partial charge < -0.3 is 10.4 Å². The number of anilines is 1. The molecule has 1 aromatic heterocycles. The number of rotatable bonds is 5. The van der Waals surface area contributed by atoms with Gasteiger partial charge in [0.25, 0.3) is 0 Å². The van der Waals surface area contributed by atoms with Crippen molar-refractivity contribution in [1.29, 1.82) is 0 Å². The molecule has 0 amide bonds. The predicted octanol–water partition coefficient (Wildman–Crippen LogP) is 3.58. The molecule has 0 saturated heterocycles. The molecule has 1 aliphatic carbocycles. The molecule has 1 aliphatic rings. The Balaban J connectivity index is 1.69. The Bertz CT molecular complexity index is 413. The lowest BCUT2D eigenvalue weighted by Gasteiger charge is -2.27. The molecule has 0 bridgehead atoms. The average molecular weight is 297 g/mol. The zero-order valence-electron chi connectivity index (χ0n) is 12.9. The zero-order valence-corrected chi connectivity index (χ0v) is 13.7. The normalized spacial score (nSPS) is 23.8. The maximum atomic E-state index is 9.94. The van der Waals surface area contributed by atoms with Crippen molar-refractivity contribution in [3.8, 4) is 0 Å². The van der Waals surface area contributed by atoms with Crippen LogP contribution in [0.25, 0.3) is 0 Å². The second-order valence-corrected chi connectivity index (χ2v) is 7.82. The van der Waals surface area contributed by atoms with Crippen molar-refractivity contribution in [1.82, 2.24) is 10.2 Å². The molecule has 4 nitrogen and oxygen atoms in total. The van der Waals surface area contributed by atoms with E-state index in [1.54, 1.807) is 11.3 Å². The molecule has 114 valence electrons. The molecule has 1 saturated carbocycles. The summed E-state index contributed by atoms with van der Waals surface area (Å²) in [5.41, 5.74) is 0.0732. The predicted molar refractivity (Wildman–Crippen MR) is 84.3 cm³/mol. The fraction of sp³-hybridized carbons (Fsp3) is 0.867. The fourth-order valence-corrected chi connectivity index (χ4v) is 3.51. The van der Waals surface area contributed by atoms with Crippen molar-refractivity contribution in [2.24, 2.45) is 5.92 Å². The van der Waals surface area contributed by atoms with E-state index >= 15 is 0 Å². The van der Waals surface area contributed by atoms with Gasteiger partial charge in [0.15, 0.2) is 0 Å². The smallest absolute Gasteiger partial charge is 0.205 e. The summed E-state index contributed by atoms with van der Waals surface area (Å²) in [5.74, 6) is 0.505. The number of nitrogens with zero attached hydrogens (tertiary/aromatic N) is 2. The van der Waals surface area contributed by atoms with Crippen LogP contribution in [-0.2, 0) is 5.41 Å². The van der Waals surface area contributed by atoms with Gasteiger partial charge in [-0.3, -0.25) is 0 Å². The van der Waals surface area contributed by atoms with Crippen LogP contribution < -0.4 is 5.32 Å². The topological polar surface area (TPSA) is 58.0 Å². The summed E-state index contributed by atoms with van der Waals surface area (Å²) in [7, 11) is 0. The molecule has 2 unspecified atom stereocenters. The molecule has 0 spiro atoms. The Kier molecular flexibility index (Phi) is 5.38. The molecule has 1 aromatic rings. The molecule has 0 radical (unpaired) electrons. The minimum Gasteiger partial charge on any atom is -0.393 e. The quantitative estimate of drug-likeness (QED) is 0.816. The number of hydrogen-bond acceptors (Lipinski definition) is 5. The summed E-state index contributed by atoms with van der Waals surface area (Å²) < 4.78 is 0. The lowest BCUT2D eigenvalue weighted by Crippen LogP contribution is -2.24. The van der Waals surface area contributed by atoms with Gasteiger partial charge in [0.2, 0.25) is 5.13 Å². The summed E-state index contributed by atoms with van der Waals surface area (Å²) >= 11 is 1.64. The Morgan fingerprint density at radius 2 is 2.00 bits per heavy atom. The highest BCUT2D eigenvalue weighted by Crippen LogP contribution is 2.29. The first-order valence-electron chi connectivity index (χ1n) is 7.73. The summed E-state index contributed by atoms with van der Waals surface area (Å²) in [6.07, 6.45) is 6.78. The van der Waals surface area contributed by atoms with E-state index in [0.717, 1.165) is 35.9 Å². The Morgan fingerprint density at radius 1 is 1.25 bits per heavy atom. The number of aliphatic hydroxyl groups is 1. The lowest BCUT2D eigenvalue weighted by molar-refractivity contribution is 0.0648. The van der Waals surface area contributed by atoms with E-state index in [4.69, 9.17) is 0 Å². The number of aromatic nitrogens is 2. The molecular formula is C15H27N3OS. The van der Waals surface area contributed by atoms with Gasteiger partial charge in [0.1, 0.15) is 5.01 Å². The van der Waals surface area contributed by atoms with E-state index < -0.39 is 0 Å². The third kappa shape index (κ3) is 4.42. The summed E-state index contributed by atoms with van der Waals surface area (Å²) in [6, 6.07) is 0. The first kappa shape index (κ1) is 15.7.